The molecule has 0 spiro atoms. The molecule has 0 amide bonds. The fourth-order valence-electron chi connectivity index (χ4n) is 3.31. The van der Waals surface area contributed by atoms with Gasteiger partial charge >= 0.3 is 0 Å². The minimum atomic E-state index is -0.0884. The van der Waals surface area contributed by atoms with Crippen LogP contribution in [0.25, 0.3) is 0 Å². The maximum Gasteiger partial charge on any atom is 0.129 e. The van der Waals surface area contributed by atoms with E-state index < -0.39 is 0 Å². The molecule has 2 unspecified atom stereocenters. The van der Waals surface area contributed by atoms with Gasteiger partial charge in [-0.1, -0.05) is 22.0 Å². The van der Waals surface area contributed by atoms with Gasteiger partial charge in [-0.15, -0.1) is 0 Å². The van der Waals surface area contributed by atoms with Crippen LogP contribution < -0.4 is 5.32 Å². The van der Waals surface area contributed by atoms with Crippen LogP contribution in [0.3, 0.4) is 0 Å². The molecule has 3 rings (SSSR count). The van der Waals surface area contributed by atoms with Crippen molar-refractivity contribution < 1.29 is 4.39 Å². The lowest BCUT2D eigenvalue weighted by Gasteiger charge is -2.40. The molecule has 1 aromatic rings. The maximum atomic E-state index is 14.3. The Labute approximate surface area is 128 Å². The second-order valence-electron chi connectivity index (χ2n) is 6.18. The van der Waals surface area contributed by atoms with E-state index in [1.54, 1.807) is 6.07 Å². The van der Waals surface area contributed by atoms with E-state index in [4.69, 9.17) is 0 Å². The fraction of sp³-hybridized carbons (Fsp3) is 0.625. The minimum Gasteiger partial charge on any atom is -0.314 e. The number of nitrogens with zero attached hydrogens (tertiary/aromatic N) is 1. The molecule has 0 aromatic heterocycles. The molecular formula is C16H22BrFN2. The molecule has 1 aliphatic carbocycles. The molecule has 1 N–H and O–H groups in total. The molecule has 2 aliphatic rings. The highest BCUT2D eigenvalue weighted by Gasteiger charge is 2.33. The first-order valence-electron chi connectivity index (χ1n) is 7.53. The van der Waals surface area contributed by atoms with Crippen LogP contribution in [0.1, 0.15) is 37.3 Å². The first-order valence-corrected chi connectivity index (χ1v) is 8.33. The summed E-state index contributed by atoms with van der Waals surface area (Å²) in [4.78, 5) is 2.31. The number of benzene rings is 1. The summed E-state index contributed by atoms with van der Waals surface area (Å²) in [6.07, 6.45) is 5.01. The van der Waals surface area contributed by atoms with Gasteiger partial charge in [0.1, 0.15) is 5.82 Å². The molecule has 0 radical (unpaired) electrons. The van der Waals surface area contributed by atoms with Crippen molar-refractivity contribution in [3.63, 3.8) is 0 Å². The van der Waals surface area contributed by atoms with Gasteiger partial charge in [-0.25, -0.2) is 4.39 Å². The van der Waals surface area contributed by atoms with E-state index in [2.05, 4.69) is 33.2 Å². The molecule has 1 heterocycles. The van der Waals surface area contributed by atoms with Crippen LogP contribution in [-0.2, 0) is 0 Å². The third kappa shape index (κ3) is 3.23. The van der Waals surface area contributed by atoms with Gasteiger partial charge in [-0.3, -0.25) is 4.90 Å². The standard InChI is InChI=1S/C16H22BrFN2/c1-20-8-2-3-11(10-19-13-5-6-13)16(20)14-7-4-12(17)9-15(14)18/h4,7,9,11,13,16,19H,2-3,5-6,8,10H2,1H3. The van der Waals surface area contributed by atoms with E-state index >= 15 is 0 Å². The first kappa shape index (κ1) is 14.5. The average molecular weight is 341 g/mol. The summed E-state index contributed by atoms with van der Waals surface area (Å²) in [7, 11) is 2.12. The number of halogens is 2. The van der Waals surface area contributed by atoms with Gasteiger partial charge in [-0.05, 0) is 57.3 Å². The fourth-order valence-corrected chi connectivity index (χ4v) is 3.64. The zero-order chi connectivity index (χ0) is 14.1. The van der Waals surface area contributed by atoms with Crippen LogP contribution in [0.4, 0.5) is 4.39 Å². The zero-order valence-corrected chi connectivity index (χ0v) is 13.5. The summed E-state index contributed by atoms with van der Waals surface area (Å²) in [6, 6.07) is 6.39. The van der Waals surface area contributed by atoms with E-state index in [0.717, 1.165) is 29.2 Å². The van der Waals surface area contributed by atoms with Crippen LogP contribution in [0.2, 0.25) is 0 Å². The second-order valence-corrected chi connectivity index (χ2v) is 7.09. The van der Waals surface area contributed by atoms with Crippen molar-refractivity contribution in [2.75, 3.05) is 20.1 Å². The molecule has 1 aromatic carbocycles. The summed E-state index contributed by atoms with van der Waals surface area (Å²) in [5, 5.41) is 3.62. The van der Waals surface area contributed by atoms with Crippen molar-refractivity contribution in [3.8, 4) is 0 Å². The van der Waals surface area contributed by atoms with Gasteiger partial charge < -0.3 is 5.32 Å². The van der Waals surface area contributed by atoms with E-state index in [-0.39, 0.29) is 11.9 Å². The Morgan fingerprint density at radius 1 is 1.35 bits per heavy atom. The molecule has 2 nitrogen and oxygen atoms in total. The number of hydrogen-bond donors (Lipinski definition) is 1. The summed E-state index contributed by atoms with van der Waals surface area (Å²) in [5.41, 5.74) is 0.845. The lowest BCUT2D eigenvalue weighted by atomic mass is 9.84. The predicted molar refractivity (Wildman–Crippen MR) is 83.2 cm³/mol. The van der Waals surface area contributed by atoms with Crippen molar-refractivity contribution in [3.05, 3.63) is 34.1 Å². The molecule has 2 atom stereocenters. The number of nitrogens with one attached hydrogen (secondary N) is 1. The monoisotopic (exact) mass is 340 g/mol. The van der Waals surface area contributed by atoms with Crippen LogP contribution in [0.5, 0.6) is 0 Å². The highest BCUT2D eigenvalue weighted by atomic mass is 79.9. The SMILES string of the molecule is CN1CCCC(CNC2CC2)C1c1ccc(Br)cc1F. The third-order valence-corrected chi connectivity index (χ3v) is 5.03. The molecule has 1 saturated heterocycles. The Kier molecular flexibility index (Phi) is 4.43. The number of rotatable bonds is 4. The normalized spacial score (nSPS) is 27.8. The largest absolute Gasteiger partial charge is 0.314 e. The summed E-state index contributed by atoms with van der Waals surface area (Å²) in [6.45, 7) is 2.06. The van der Waals surface area contributed by atoms with Crippen molar-refractivity contribution in [1.82, 2.24) is 10.2 Å². The van der Waals surface area contributed by atoms with E-state index in [1.165, 1.54) is 25.7 Å². The highest BCUT2D eigenvalue weighted by molar-refractivity contribution is 9.10. The van der Waals surface area contributed by atoms with Crippen molar-refractivity contribution >= 4 is 15.9 Å². The first-order chi connectivity index (χ1) is 9.65. The molecule has 1 aliphatic heterocycles. The molecule has 110 valence electrons. The van der Waals surface area contributed by atoms with E-state index in [9.17, 15) is 4.39 Å². The zero-order valence-electron chi connectivity index (χ0n) is 11.9. The Hall–Kier alpha value is -0.450. The van der Waals surface area contributed by atoms with Gasteiger partial charge in [0.05, 0.1) is 0 Å². The highest BCUT2D eigenvalue weighted by Crippen LogP contribution is 2.37. The van der Waals surface area contributed by atoms with E-state index in [0.29, 0.717) is 5.92 Å². The average Bonchev–Trinajstić information content (AvgIpc) is 3.22. The number of hydrogen-bond acceptors (Lipinski definition) is 2. The number of piperidine rings is 1. The minimum absolute atomic E-state index is 0.0884. The van der Waals surface area contributed by atoms with Gasteiger partial charge in [0.25, 0.3) is 0 Å². The second kappa shape index (κ2) is 6.12. The quantitative estimate of drug-likeness (QED) is 0.898. The van der Waals surface area contributed by atoms with Crippen molar-refractivity contribution in [2.45, 2.75) is 37.8 Å². The Morgan fingerprint density at radius 3 is 2.85 bits per heavy atom. The summed E-state index contributed by atoms with van der Waals surface area (Å²) >= 11 is 3.34. The third-order valence-electron chi connectivity index (χ3n) is 4.53. The lowest BCUT2D eigenvalue weighted by molar-refractivity contribution is 0.116. The lowest BCUT2D eigenvalue weighted by Crippen LogP contribution is -2.41. The van der Waals surface area contributed by atoms with Gasteiger partial charge in [0.2, 0.25) is 0 Å². The number of likely N-dealkylation sites (tertiary alicyclic amines) is 1. The Bertz CT molecular complexity index is 476. The van der Waals surface area contributed by atoms with E-state index in [1.807, 2.05) is 12.1 Å². The smallest absolute Gasteiger partial charge is 0.129 e. The molecule has 1 saturated carbocycles. The van der Waals surface area contributed by atoms with Crippen molar-refractivity contribution in [2.24, 2.45) is 5.92 Å². The van der Waals surface area contributed by atoms with Crippen LogP contribution in [0, 0.1) is 11.7 Å². The van der Waals surface area contributed by atoms with Crippen LogP contribution >= 0.6 is 15.9 Å². The van der Waals surface area contributed by atoms with Gasteiger partial charge in [0.15, 0.2) is 0 Å². The summed E-state index contributed by atoms with van der Waals surface area (Å²) < 4.78 is 15.1. The molecular weight excluding hydrogens is 319 g/mol. The molecule has 20 heavy (non-hydrogen) atoms. The van der Waals surface area contributed by atoms with Gasteiger partial charge in [-0.2, -0.15) is 0 Å². The Morgan fingerprint density at radius 2 is 2.15 bits per heavy atom. The van der Waals surface area contributed by atoms with Crippen LogP contribution in [-0.4, -0.2) is 31.1 Å². The van der Waals surface area contributed by atoms with Gasteiger partial charge in [0, 0.05) is 28.7 Å². The summed E-state index contributed by atoms with van der Waals surface area (Å²) in [5.74, 6) is 0.416. The van der Waals surface area contributed by atoms with Crippen LogP contribution in [0.15, 0.2) is 22.7 Å². The molecule has 0 bridgehead atoms. The Balaban J connectivity index is 1.80. The maximum absolute atomic E-state index is 14.3. The molecule has 4 heteroatoms. The predicted octanol–water partition coefficient (Wildman–Crippen LogP) is 3.72. The topological polar surface area (TPSA) is 15.3 Å². The van der Waals surface area contributed by atoms with Crippen molar-refractivity contribution in [1.29, 1.82) is 0 Å². The molecule has 2 fully saturated rings.